The molecule has 0 amide bonds. The number of nitrogens with zero attached hydrogens (tertiary/aromatic N) is 2. The summed E-state index contributed by atoms with van der Waals surface area (Å²) < 4.78 is 32.5. The number of phenols is 1. The number of aromatic hydroxyl groups is 1. The molecule has 4 rings (SSSR count). The van der Waals surface area contributed by atoms with Gasteiger partial charge in [-0.15, -0.1) is 0 Å². The highest BCUT2D eigenvalue weighted by molar-refractivity contribution is 5.33. The number of hydrogen-bond acceptors (Lipinski definition) is 5. The van der Waals surface area contributed by atoms with Crippen LogP contribution in [0.1, 0.15) is 29.9 Å². The molecular weight excluding hydrogens is 462 g/mol. The van der Waals surface area contributed by atoms with E-state index in [9.17, 15) is 19.0 Å². The Kier molecular flexibility index (Phi) is 9.28. The number of piperazine rings is 1. The van der Waals surface area contributed by atoms with E-state index in [1.807, 2.05) is 24.3 Å². The predicted molar refractivity (Wildman–Crippen MR) is 136 cm³/mol. The third-order valence-electron chi connectivity index (χ3n) is 6.72. The van der Waals surface area contributed by atoms with Gasteiger partial charge in [-0.05, 0) is 79.0 Å². The Morgan fingerprint density at radius 1 is 0.750 bits per heavy atom. The Bertz CT molecular complexity index is 1010. The van der Waals surface area contributed by atoms with E-state index < -0.39 is 6.10 Å². The summed E-state index contributed by atoms with van der Waals surface area (Å²) in [5.74, 6) is 0.382. The first kappa shape index (κ1) is 26.1. The van der Waals surface area contributed by atoms with Gasteiger partial charge in [-0.1, -0.05) is 24.3 Å². The van der Waals surface area contributed by atoms with Crippen molar-refractivity contribution in [1.29, 1.82) is 0 Å². The molecular formula is C29H34F2N2O3. The van der Waals surface area contributed by atoms with Crippen molar-refractivity contribution in [1.82, 2.24) is 9.80 Å². The molecule has 0 bridgehead atoms. The number of β-amino-alcohol motifs (C(OH)–C–C–N with tert-alkyl or cyclic N) is 1. The molecule has 1 fully saturated rings. The van der Waals surface area contributed by atoms with E-state index in [2.05, 4.69) is 9.80 Å². The van der Waals surface area contributed by atoms with Gasteiger partial charge in [0.1, 0.15) is 35.8 Å². The van der Waals surface area contributed by atoms with Crippen LogP contribution in [0.25, 0.3) is 0 Å². The Balaban J connectivity index is 1.20. The Labute approximate surface area is 211 Å². The second kappa shape index (κ2) is 12.8. The number of ether oxygens (including phenoxy) is 1. The smallest absolute Gasteiger partial charge is 0.123 e. The maximum Gasteiger partial charge on any atom is 0.123 e. The summed E-state index contributed by atoms with van der Waals surface area (Å²) in [4.78, 5) is 4.68. The minimum Gasteiger partial charge on any atom is -0.508 e. The van der Waals surface area contributed by atoms with Crippen LogP contribution in [-0.4, -0.2) is 72.0 Å². The van der Waals surface area contributed by atoms with Gasteiger partial charge in [-0.2, -0.15) is 0 Å². The fourth-order valence-electron chi connectivity index (χ4n) is 4.72. The summed E-state index contributed by atoms with van der Waals surface area (Å²) in [5.41, 5.74) is 2.08. The van der Waals surface area contributed by atoms with Crippen LogP contribution >= 0.6 is 0 Å². The molecule has 192 valence electrons. The largest absolute Gasteiger partial charge is 0.508 e. The van der Waals surface area contributed by atoms with Crippen molar-refractivity contribution >= 4 is 0 Å². The summed E-state index contributed by atoms with van der Waals surface area (Å²) in [7, 11) is 0. The molecule has 0 aromatic heterocycles. The molecule has 3 aromatic rings. The lowest BCUT2D eigenvalue weighted by Gasteiger charge is -2.35. The van der Waals surface area contributed by atoms with Crippen molar-refractivity contribution in [3.63, 3.8) is 0 Å². The minimum absolute atomic E-state index is 0.0937. The van der Waals surface area contributed by atoms with Crippen molar-refractivity contribution in [3.8, 4) is 11.5 Å². The standard InChI is InChI=1S/C29H34F2N2O3/c30-24-7-3-22(4-8-24)29(23-5-9-25(31)10-6-23)2-1-15-32-16-18-33(19-17-32)20-27(35)21-36-28-13-11-26(34)12-14-28/h3-14,27,29,34-35H,1-2,15-21H2. The van der Waals surface area contributed by atoms with E-state index in [1.165, 1.54) is 24.3 Å². The van der Waals surface area contributed by atoms with Crippen molar-refractivity contribution < 1.29 is 23.7 Å². The fraction of sp³-hybridized carbons (Fsp3) is 0.379. The quantitative estimate of drug-likeness (QED) is 0.405. The van der Waals surface area contributed by atoms with E-state index in [4.69, 9.17) is 4.74 Å². The second-order valence-electron chi connectivity index (χ2n) is 9.40. The van der Waals surface area contributed by atoms with Crippen LogP contribution in [0.5, 0.6) is 11.5 Å². The van der Waals surface area contributed by atoms with Gasteiger partial charge in [0.15, 0.2) is 0 Å². The molecule has 0 radical (unpaired) electrons. The van der Waals surface area contributed by atoms with E-state index in [-0.39, 0.29) is 29.9 Å². The average Bonchev–Trinajstić information content (AvgIpc) is 2.89. The Hall–Kier alpha value is -3.00. The highest BCUT2D eigenvalue weighted by atomic mass is 19.1. The monoisotopic (exact) mass is 496 g/mol. The number of halogens is 2. The Morgan fingerprint density at radius 2 is 1.28 bits per heavy atom. The van der Waals surface area contributed by atoms with Crippen molar-refractivity contribution in [2.45, 2.75) is 24.9 Å². The van der Waals surface area contributed by atoms with E-state index >= 15 is 0 Å². The van der Waals surface area contributed by atoms with E-state index in [1.54, 1.807) is 24.3 Å². The molecule has 7 heteroatoms. The molecule has 0 aliphatic carbocycles. The zero-order chi connectivity index (χ0) is 25.3. The molecule has 0 saturated carbocycles. The first-order chi connectivity index (χ1) is 17.5. The first-order valence-electron chi connectivity index (χ1n) is 12.5. The highest BCUT2D eigenvalue weighted by Gasteiger charge is 2.20. The number of phenolic OH excluding ortho intramolecular Hbond substituents is 1. The van der Waals surface area contributed by atoms with Crippen LogP contribution in [0.15, 0.2) is 72.8 Å². The number of hydrogen-bond donors (Lipinski definition) is 2. The van der Waals surface area contributed by atoms with Gasteiger partial charge in [0, 0.05) is 38.6 Å². The van der Waals surface area contributed by atoms with Crippen LogP contribution in [0.2, 0.25) is 0 Å². The molecule has 1 saturated heterocycles. The second-order valence-corrected chi connectivity index (χ2v) is 9.40. The van der Waals surface area contributed by atoms with Crippen molar-refractivity contribution in [2.24, 2.45) is 0 Å². The molecule has 1 unspecified atom stereocenters. The maximum atomic E-state index is 13.5. The van der Waals surface area contributed by atoms with Gasteiger partial charge >= 0.3 is 0 Å². The van der Waals surface area contributed by atoms with Gasteiger partial charge in [0.05, 0.1) is 0 Å². The molecule has 1 atom stereocenters. The van der Waals surface area contributed by atoms with Crippen LogP contribution in [0.4, 0.5) is 8.78 Å². The molecule has 1 aliphatic heterocycles. The first-order valence-corrected chi connectivity index (χ1v) is 12.5. The van der Waals surface area contributed by atoms with Crippen LogP contribution in [0, 0.1) is 11.6 Å². The summed E-state index contributed by atoms with van der Waals surface area (Å²) in [6, 6.07) is 19.7. The lowest BCUT2D eigenvalue weighted by atomic mass is 9.87. The van der Waals surface area contributed by atoms with Crippen molar-refractivity contribution in [2.75, 3.05) is 45.9 Å². The third-order valence-corrected chi connectivity index (χ3v) is 6.72. The summed E-state index contributed by atoms with van der Waals surface area (Å²) in [6.45, 7) is 5.36. The van der Waals surface area contributed by atoms with Crippen molar-refractivity contribution in [3.05, 3.63) is 95.6 Å². The maximum absolute atomic E-state index is 13.5. The van der Waals surface area contributed by atoms with Gasteiger partial charge in [0.25, 0.3) is 0 Å². The summed E-state index contributed by atoms with van der Waals surface area (Å²) >= 11 is 0. The molecule has 36 heavy (non-hydrogen) atoms. The lowest BCUT2D eigenvalue weighted by Crippen LogP contribution is -2.49. The zero-order valence-electron chi connectivity index (χ0n) is 20.4. The number of benzene rings is 3. The lowest BCUT2D eigenvalue weighted by molar-refractivity contribution is 0.0457. The van der Waals surface area contributed by atoms with E-state index in [0.29, 0.717) is 12.3 Å². The van der Waals surface area contributed by atoms with Crippen LogP contribution in [-0.2, 0) is 0 Å². The molecule has 5 nitrogen and oxygen atoms in total. The number of rotatable bonds is 11. The van der Waals surface area contributed by atoms with E-state index in [0.717, 1.165) is 56.7 Å². The van der Waals surface area contributed by atoms with Gasteiger partial charge in [0.2, 0.25) is 0 Å². The molecule has 3 aromatic carbocycles. The van der Waals surface area contributed by atoms with Gasteiger partial charge < -0.3 is 19.8 Å². The third kappa shape index (κ3) is 7.75. The fourth-order valence-corrected chi connectivity index (χ4v) is 4.72. The summed E-state index contributed by atoms with van der Waals surface area (Å²) in [5, 5.41) is 19.7. The molecule has 0 spiro atoms. The predicted octanol–water partition coefficient (Wildman–Crippen LogP) is 4.64. The number of aliphatic hydroxyl groups is 1. The topological polar surface area (TPSA) is 56.2 Å². The molecule has 2 N–H and O–H groups in total. The minimum atomic E-state index is -0.586. The number of aliphatic hydroxyl groups excluding tert-OH is 1. The highest BCUT2D eigenvalue weighted by Crippen LogP contribution is 2.30. The zero-order valence-corrected chi connectivity index (χ0v) is 20.4. The normalized spacial score (nSPS) is 15.8. The molecule has 1 aliphatic rings. The van der Waals surface area contributed by atoms with Gasteiger partial charge in [-0.25, -0.2) is 8.78 Å². The Morgan fingerprint density at radius 3 is 1.83 bits per heavy atom. The van der Waals surface area contributed by atoms with Gasteiger partial charge in [-0.3, -0.25) is 4.90 Å². The molecule has 1 heterocycles. The summed E-state index contributed by atoms with van der Waals surface area (Å²) in [6.07, 6.45) is 1.28. The average molecular weight is 497 g/mol. The SMILES string of the molecule is Oc1ccc(OCC(O)CN2CCN(CCCC(c3ccc(F)cc3)c3ccc(F)cc3)CC2)cc1. The van der Waals surface area contributed by atoms with Crippen LogP contribution in [0.3, 0.4) is 0 Å². The van der Waals surface area contributed by atoms with Crippen LogP contribution < -0.4 is 4.74 Å².